The Hall–Kier alpha value is -1.67. The van der Waals surface area contributed by atoms with Gasteiger partial charge in [-0.25, -0.2) is 0 Å². The fourth-order valence-electron chi connectivity index (χ4n) is 7.83. The highest BCUT2D eigenvalue weighted by Gasteiger charge is 2.51. The molecule has 12 nitrogen and oxygen atoms in total. The molecule has 1 N–H and O–H groups in total. The number of esters is 1. The van der Waals surface area contributed by atoms with Gasteiger partial charge in [0.2, 0.25) is 5.91 Å². The number of nitrogens with zero attached hydrogens (tertiary/aromatic N) is 4. The van der Waals surface area contributed by atoms with E-state index in [1.54, 1.807) is 27.9 Å². The standard InChI is InChI=1S/C37H68N4O8/c1-24-21-37(6,46-12)33(49-34-31(43)29(38(7)8)20-25(2)48-34)26(3)32(44)36(4,5)35(45)47-19-13-14-28(17-18-39(9)22-24)41(11)30(42)23-40(10)27-15-16-27/h24-29,31,33-34,43H,13-23H2,1-12H3/t24-,25-,26+,28?,29+,31-,33-,34+,37-/m1/s1. The smallest absolute Gasteiger partial charge is 0.319 e. The number of likely N-dealkylation sites (N-methyl/N-ethyl adjacent to an activating group) is 3. The van der Waals surface area contributed by atoms with E-state index in [1.807, 2.05) is 51.8 Å². The third-order valence-electron chi connectivity index (χ3n) is 11.3. The summed E-state index contributed by atoms with van der Waals surface area (Å²) >= 11 is 0. The van der Waals surface area contributed by atoms with Gasteiger partial charge in [0, 0.05) is 44.7 Å². The molecule has 0 spiro atoms. The Morgan fingerprint density at radius 2 is 1.67 bits per heavy atom. The summed E-state index contributed by atoms with van der Waals surface area (Å²) in [5, 5.41) is 11.4. The molecule has 0 radical (unpaired) electrons. The molecule has 3 fully saturated rings. The summed E-state index contributed by atoms with van der Waals surface area (Å²) < 4.78 is 24.8. The first-order valence-electron chi connectivity index (χ1n) is 18.4. The minimum atomic E-state index is -1.46. The van der Waals surface area contributed by atoms with Gasteiger partial charge < -0.3 is 38.8 Å². The molecule has 1 saturated carbocycles. The van der Waals surface area contributed by atoms with Gasteiger partial charge in [0.05, 0.1) is 31.0 Å². The second-order valence-corrected chi connectivity index (χ2v) is 16.4. The molecular formula is C37H68N4O8. The lowest BCUT2D eigenvalue weighted by molar-refractivity contribution is -0.295. The largest absolute Gasteiger partial charge is 0.465 e. The number of hydrogen-bond acceptors (Lipinski definition) is 11. The lowest BCUT2D eigenvalue weighted by atomic mass is 9.74. The van der Waals surface area contributed by atoms with E-state index in [-0.39, 0.29) is 42.4 Å². The predicted octanol–water partition coefficient (Wildman–Crippen LogP) is 3.04. The first-order chi connectivity index (χ1) is 22.8. The summed E-state index contributed by atoms with van der Waals surface area (Å²) in [4.78, 5) is 49.4. The van der Waals surface area contributed by atoms with E-state index >= 15 is 0 Å². The van der Waals surface area contributed by atoms with Gasteiger partial charge in [0.1, 0.15) is 11.5 Å². The van der Waals surface area contributed by atoms with Crippen molar-refractivity contribution in [3.63, 3.8) is 0 Å². The average molecular weight is 697 g/mol. The number of carbonyl (C=O) groups excluding carboxylic acids is 3. The van der Waals surface area contributed by atoms with Crippen LogP contribution in [0.4, 0.5) is 0 Å². The Balaban J connectivity index is 1.89. The molecule has 284 valence electrons. The number of ether oxygens (including phenoxy) is 4. The van der Waals surface area contributed by atoms with Crippen LogP contribution in [-0.4, -0.2) is 159 Å². The molecule has 3 aliphatic rings. The highest BCUT2D eigenvalue weighted by molar-refractivity contribution is 6.04. The number of hydrogen-bond donors (Lipinski definition) is 1. The second-order valence-electron chi connectivity index (χ2n) is 16.4. The summed E-state index contributed by atoms with van der Waals surface area (Å²) in [7, 11) is 11.4. The minimum Gasteiger partial charge on any atom is -0.465 e. The maximum absolute atomic E-state index is 14.3. The number of aliphatic hydroxyl groups excluding tert-OH is 1. The van der Waals surface area contributed by atoms with Gasteiger partial charge in [-0.2, -0.15) is 0 Å². The van der Waals surface area contributed by atoms with Crippen LogP contribution in [0.5, 0.6) is 0 Å². The maximum atomic E-state index is 14.3. The third-order valence-corrected chi connectivity index (χ3v) is 11.3. The predicted molar refractivity (Wildman–Crippen MR) is 189 cm³/mol. The van der Waals surface area contributed by atoms with Crippen molar-refractivity contribution >= 4 is 17.7 Å². The molecule has 12 heteroatoms. The third kappa shape index (κ3) is 10.9. The van der Waals surface area contributed by atoms with E-state index in [0.29, 0.717) is 38.3 Å². The number of cyclic esters (lactones) is 1. The summed E-state index contributed by atoms with van der Waals surface area (Å²) in [5.74, 6) is -1.49. The Bertz CT molecular complexity index is 1100. The fraction of sp³-hybridized carbons (Fsp3) is 0.919. The van der Waals surface area contributed by atoms with Crippen molar-refractivity contribution in [2.45, 2.75) is 135 Å². The van der Waals surface area contributed by atoms with Gasteiger partial charge in [0.25, 0.3) is 0 Å². The molecule has 2 aliphatic heterocycles. The molecule has 2 saturated heterocycles. The van der Waals surface area contributed by atoms with E-state index in [1.165, 1.54) is 0 Å². The van der Waals surface area contributed by atoms with E-state index in [0.717, 1.165) is 32.4 Å². The molecule has 1 aliphatic carbocycles. The molecule has 3 rings (SSSR count). The number of ketones is 1. The zero-order valence-corrected chi connectivity index (χ0v) is 32.6. The van der Waals surface area contributed by atoms with Gasteiger partial charge in [0.15, 0.2) is 12.1 Å². The van der Waals surface area contributed by atoms with Crippen molar-refractivity contribution < 1.29 is 38.4 Å². The fourth-order valence-corrected chi connectivity index (χ4v) is 7.83. The number of rotatable bonds is 8. The second kappa shape index (κ2) is 17.7. The summed E-state index contributed by atoms with van der Waals surface area (Å²) in [6.07, 6.45) is 2.55. The Morgan fingerprint density at radius 1 is 1.02 bits per heavy atom. The van der Waals surface area contributed by atoms with Crippen LogP contribution in [0.1, 0.15) is 86.5 Å². The highest BCUT2D eigenvalue weighted by atomic mass is 16.7. The molecule has 1 unspecified atom stereocenters. The normalized spacial score (nSPS) is 36.4. The van der Waals surface area contributed by atoms with Crippen molar-refractivity contribution in [1.82, 2.24) is 19.6 Å². The first-order valence-corrected chi connectivity index (χ1v) is 18.4. The van der Waals surface area contributed by atoms with Gasteiger partial charge >= 0.3 is 5.97 Å². The Kier molecular flexibility index (Phi) is 15.1. The van der Waals surface area contributed by atoms with Gasteiger partial charge in [-0.3, -0.25) is 19.3 Å². The van der Waals surface area contributed by atoms with E-state index in [4.69, 9.17) is 18.9 Å². The van der Waals surface area contributed by atoms with Crippen molar-refractivity contribution in [3.05, 3.63) is 0 Å². The monoisotopic (exact) mass is 697 g/mol. The van der Waals surface area contributed by atoms with Crippen LogP contribution in [0.3, 0.4) is 0 Å². The van der Waals surface area contributed by atoms with Crippen LogP contribution in [0.25, 0.3) is 0 Å². The molecule has 1 amide bonds. The quantitative estimate of drug-likeness (QED) is 0.298. The lowest BCUT2D eigenvalue weighted by Crippen LogP contribution is -2.59. The number of carbonyl (C=O) groups is 3. The number of aliphatic hydroxyl groups is 1. The molecule has 0 aromatic carbocycles. The average Bonchev–Trinajstić information content (AvgIpc) is 3.88. The Labute approximate surface area is 296 Å². The molecular weight excluding hydrogens is 628 g/mol. The number of amides is 1. The number of methoxy groups -OCH3 is 1. The van der Waals surface area contributed by atoms with Crippen molar-refractivity contribution in [3.8, 4) is 0 Å². The highest BCUT2D eigenvalue weighted by Crippen LogP contribution is 2.38. The SMILES string of the molecule is CO[C@]1(C)C[C@@H](C)CN(C)CCC(N(C)C(=O)CN(C)C2CC2)CCCOC(=O)C(C)(C)C(=O)[C@H](C)[C@H]1O[C@@H]1O[C@H](C)C[C@H](N(C)C)[C@H]1O. The van der Waals surface area contributed by atoms with Crippen LogP contribution < -0.4 is 0 Å². The summed E-state index contributed by atoms with van der Waals surface area (Å²) in [6.45, 7) is 13.1. The zero-order chi connectivity index (χ0) is 36.8. The van der Waals surface area contributed by atoms with E-state index < -0.39 is 41.4 Å². The molecule has 2 heterocycles. The first kappa shape index (κ1) is 41.7. The molecule has 49 heavy (non-hydrogen) atoms. The van der Waals surface area contributed by atoms with Gasteiger partial charge in [-0.1, -0.05) is 13.8 Å². The van der Waals surface area contributed by atoms with Crippen LogP contribution >= 0.6 is 0 Å². The van der Waals surface area contributed by atoms with Crippen molar-refractivity contribution in [2.24, 2.45) is 17.3 Å². The molecule has 0 aromatic rings. The number of Topliss-reactive ketones (excluding diaryl/α,β-unsaturated/α-hetero) is 1. The van der Waals surface area contributed by atoms with E-state index in [2.05, 4.69) is 23.8 Å². The Morgan fingerprint density at radius 3 is 2.27 bits per heavy atom. The van der Waals surface area contributed by atoms with Crippen molar-refractivity contribution in [1.29, 1.82) is 0 Å². The van der Waals surface area contributed by atoms with Crippen LogP contribution in [0, 0.1) is 17.3 Å². The van der Waals surface area contributed by atoms with E-state index in [9.17, 15) is 19.5 Å². The molecule has 9 atom stereocenters. The maximum Gasteiger partial charge on any atom is 0.319 e. The molecule has 0 bridgehead atoms. The van der Waals surface area contributed by atoms with Crippen LogP contribution in [-0.2, 0) is 33.3 Å². The van der Waals surface area contributed by atoms with Crippen LogP contribution in [0.2, 0.25) is 0 Å². The van der Waals surface area contributed by atoms with Crippen molar-refractivity contribution in [2.75, 3.05) is 68.6 Å². The zero-order valence-electron chi connectivity index (χ0n) is 32.6. The molecule has 0 aromatic heterocycles. The van der Waals surface area contributed by atoms with Gasteiger partial charge in [-0.05, 0) is 113 Å². The lowest BCUT2D eigenvalue weighted by Gasteiger charge is -2.47. The summed E-state index contributed by atoms with van der Waals surface area (Å²) in [6, 6.07) is 0.292. The minimum absolute atomic E-state index is 0.0146. The summed E-state index contributed by atoms with van der Waals surface area (Å²) in [5.41, 5.74) is -2.43. The van der Waals surface area contributed by atoms with Gasteiger partial charge in [-0.15, -0.1) is 0 Å². The topological polar surface area (TPSA) is 121 Å². The van der Waals surface area contributed by atoms with Crippen LogP contribution in [0.15, 0.2) is 0 Å².